The summed E-state index contributed by atoms with van der Waals surface area (Å²) in [7, 11) is 1.30. The van der Waals surface area contributed by atoms with Crippen LogP contribution >= 0.6 is 0 Å². The van der Waals surface area contributed by atoms with Crippen LogP contribution in [0.1, 0.15) is 48.3 Å². The number of methoxy groups -OCH3 is 1. The molecule has 0 fully saturated rings. The Morgan fingerprint density at radius 3 is 2.33 bits per heavy atom. The van der Waals surface area contributed by atoms with E-state index in [1.807, 2.05) is 38.1 Å². The van der Waals surface area contributed by atoms with Gasteiger partial charge in [-0.25, -0.2) is 4.79 Å². The van der Waals surface area contributed by atoms with Gasteiger partial charge in [0.05, 0.1) is 23.6 Å². The van der Waals surface area contributed by atoms with E-state index in [-0.39, 0.29) is 29.0 Å². The van der Waals surface area contributed by atoms with Gasteiger partial charge in [0, 0.05) is 6.07 Å². The van der Waals surface area contributed by atoms with Crippen LogP contribution in [-0.2, 0) is 16.0 Å². The van der Waals surface area contributed by atoms with Crippen LogP contribution in [0.4, 0.5) is 5.69 Å². The maximum atomic E-state index is 12.3. The molecule has 0 aliphatic carbocycles. The fourth-order valence-electron chi connectivity index (χ4n) is 2.98. The number of nitrogens with one attached hydrogen (secondary N) is 1. The molecule has 0 aromatic heterocycles. The highest BCUT2D eigenvalue weighted by molar-refractivity contribution is 5.92. The quantitative estimate of drug-likeness (QED) is 0.379. The minimum Gasteiger partial charge on any atom is -0.490 e. The Kier molecular flexibility index (Phi) is 7.91. The van der Waals surface area contributed by atoms with Crippen molar-refractivity contribution in [3.63, 3.8) is 0 Å². The molecule has 30 heavy (non-hydrogen) atoms. The predicted octanol–water partition coefficient (Wildman–Crippen LogP) is 3.84. The highest BCUT2D eigenvalue weighted by atomic mass is 16.6. The van der Waals surface area contributed by atoms with Gasteiger partial charge in [0.1, 0.15) is 0 Å². The van der Waals surface area contributed by atoms with Gasteiger partial charge in [-0.2, -0.15) is 0 Å². The molecule has 0 bridgehead atoms. The molecule has 0 heterocycles. The second kappa shape index (κ2) is 10.4. The Hall–Kier alpha value is -3.42. The molecule has 160 valence electrons. The van der Waals surface area contributed by atoms with Crippen LogP contribution < -0.4 is 10.1 Å². The van der Waals surface area contributed by atoms with Gasteiger partial charge in [0.25, 0.3) is 5.91 Å². The molecule has 1 amide bonds. The average Bonchev–Trinajstić information content (AvgIpc) is 2.75. The van der Waals surface area contributed by atoms with Crippen molar-refractivity contribution in [2.45, 2.75) is 33.2 Å². The van der Waals surface area contributed by atoms with Crippen LogP contribution in [0.3, 0.4) is 0 Å². The van der Waals surface area contributed by atoms with E-state index in [1.165, 1.54) is 24.8 Å². The van der Waals surface area contributed by atoms with Gasteiger partial charge in [-0.3, -0.25) is 14.9 Å². The molecular weight excluding hydrogens is 388 g/mol. The third-order valence-corrected chi connectivity index (χ3v) is 4.68. The summed E-state index contributed by atoms with van der Waals surface area (Å²) in [5.74, 6) is -1.13. The minimum atomic E-state index is -0.829. The Balaban J connectivity index is 2.02. The van der Waals surface area contributed by atoms with E-state index in [4.69, 9.17) is 9.47 Å². The summed E-state index contributed by atoms with van der Waals surface area (Å²) >= 11 is 0. The molecule has 8 nitrogen and oxygen atoms in total. The van der Waals surface area contributed by atoms with Crippen LogP contribution in [0, 0.1) is 16.0 Å². The van der Waals surface area contributed by atoms with Crippen molar-refractivity contribution in [3.8, 4) is 5.75 Å². The standard InChI is InChI=1S/C22H26N2O6/c1-5-15-6-8-16(9-7-15)21(14(2)3)23-20(25)13-30-22(26)17-10-11-19(29-4)18(12-17)24(27)28/h6-12,14,21H,5,13H2,1-4H3,(H,23,25)/t21-/m0/s1. The van der Waals surface area contributed by atoms with Gasteiger partial charge in [0.2, 0.25) is 0 Å². The highest BCUT2D eigenvalue weighted by Crippen LogP contribution is 2.28. The zero-order valence-corrected chi connectivity index (χ0v) is 17.5. The van der Waals surface area contributed by atoms with Crippen molar-refractivity contribution >= 4 is 17.6 Å². The van der Waals surface area contributed by atoms with Crippen LogP contribution in [0.5, 0.6) is 5.75 Å². The number of hydrogen-bond donors (Lipinski definition) is 1. The topological polar surface area (TPSA) is 108 Å². The molecule has 0 saturated carbocycles. The smallest absolute Gasteiger partial charge is 0.338 e. The number of nitro groups is 1. The molecule has 1 N–H and O–H groups in total. The maximum absolute atomic E-state index is 12.3. The second-order valence-corrected chi connectivity index (χ2v) is 7.10. The van der Waals surface area contributed by atoms with Crippen LogP contribution in [0.2, 0.25) is 0 Å². The molecule has 2 aromatic rings. The van der Waals surface area contributed by atoms with E-state index >= 15 is 0 Å². The van der Waals surface area contributed by atoms with Crippen LogP contribution in [0.15, 0.2) is 42.5 Å². The van der Waals surface area contributed by atoms with Gasteiger partial charge in [-0.05, 0) is 35.6 Å². The third-order valence-electron chi connectivity index (χ3n) is 4.68. The van der Waals surface area contributed by atoms with E-state index in [0.717, 1.165) is 18.1 Å². The predicted molar refractivity (Wildman–Crippen MR) is 111 cm³/mol. The summed E-state index contributed by atoms with van der Waals surface area (Å²) in [6.07, 6.45) is 0.929. The minimum absolute atomic E-state index is 0.0307. The van der Waals surface area contributed by atoms with E-state index in [1.54, 1.807) is 0 Å². The summed E-state index contributed by atoms with van der Waals surface area (Å²) < 4.78 is 9.94. The molecule has 2 rings (SSSR count). The molecule has 0 aliphatic rings. The van der Waals surface area contributed by atoms with Crippen molar-refractivity contribution in [1.82, 2.24) is 5.32 Å². The van der Waals surface area contributed by atoms with Crippen molar-refractivity contribution in [1.29, 1.82) is 0 Å². The number of ether oxygens (including phenoxy) is 2. The first-order chi connectivity index (χ1) is 14.3. The lowest BCUT2D eigenvalue weighted by atomic mass is 9.95. The molecule has 8 heteroatoms. The van der Waals surface area contributed by atoms with Crippen molar-refractivity contribution in [2.75, 3.05) is 13.7 Å². The molecule has 0 unspecified atom stereocenters. The first-order valence-electron chi connectivity index (χ1n) is 9.64. The van der Waals surface area contributed by atoms with E-state index in [2.05, 4.69) is 12.2 Å². The number of carbonyl (C=O) groups excluding carboxylic acids is 2. The maximum Gasteiger partial charge on any atom is 0.338 e. The number of aryl methyl sites for hydroxylation is 1. The van der Waals surface area contributed by atoms with Gasteiger partial charge >= 0.3 is 11.7 Å². The van der Waals surface area contributed by atoms with Crippen LogP contribution in [0.25, 0.3) is 0 Å². The summed E-state index contributed by atoms with van der Waals surface area (Å²) in [5, 5.41) is 14.0. The lowest BCUT2D eigenvalue weighted by Gasteiger charge is -2.23. The molecule has 0 aliphatic heterocycles. The van der Waals surface area contributed by atoms with E-state index in [9.17, 15) is 19.7 Å². The SMILES string of the molecule is CCc1ccc([C@@H](NC(=O)COC(=O)c2ccc(OC)c([N+](=O)[O-])c2)C(C)C)cc1. The summed E-state index contributed by atoms with van der Waals surface area (Å²) in [6.45, 7) is 5.56. The number of hydrogen-bond acceptors (Lipinski definition) is 6. The van der Waals surface area contributed by atoms with Crippen molar-refractivity contribution in [3.05, 3.63) is 69.3 Å². The zero-order chi connectivity index (χ0) is 22.3. The number of esters is 1. The molecule has 1 atom stereocenters. The number of benzene rings is 2. The van der Waals surface area contributed by atoms with Gasteiger partial charge in [0.15, 0.2) is 12.4 Å². The molecule has 0 radical (unpaired) electrons. The van der Waals surface area contributed by atoms with Gasteiger partial charge in [-0.1, -0.05) is 45.0 Å². The average molecular weight is 414 g/mol. The summed E-state index contributed by atoms with van der Waals surface area (Å²) in [5.41, 5.74) is 1.78. The third kappa shape index (κ3) is 5.79. The van der Waals surface area contributed by atoms with Crippen LogP contribution in [-0.4, -0.2) is 30.5 Å². The Labute approximate surface area is 175 Å². The molecule has 0 spiro atoms. The first kappa shape index (κ1) is 22.9. The number of nitrogens with zero attached hydrogens (tertiary/aromatic N) is 1. The zero-order valence-electron chi connectivity index (χ0n) is 17.5. The number of carbonyl (C=O) groups is 2. The van der Waals surface area contributed by atoms with Crippen molar-refractivity contribution in [2.24, 2.45) is 5.92 Å². The Morgan fingerprint density at radius 1 is 1.13 bits per heavy atom. The largest absolute Gasteiger partial charge is 0.490 e. The molecule has 0 saturated heterocycles. The first-order valence-corrected chi connectivity index (χ1v) is 9.64. The van der Waals surface area contributed by atoms with Gasteiger partial charge in [-0.15, -0.1) is 0 Å². The fourth-order valence-corrected chi connectivity index (χ4v) is 2.98. The molecule has 2 aromatic carbocycles. The van der Waals surface area contributed by atoms with E-state index < -0.39 is 23.4 Å². The van der Waals surface area contributed by atoms with Crippen molar-refractivity contribution < 1.29 is 24.0 Å². The monoisotopic (exact) mass is 414 g/mol. The second-order valence-electron chi connectivity index (χ2n) is 7.10. The summed E-state index contributed by atoms with van der Waals surface area (Å²) in [6, 6.07) is 11.5. The number of nitro benzene ring substituents is 1. The van der Waals surface area contributed by atoms with E-state index in [0.29, 0.717) is 0 Å². The van der Waals surface area contributed by atoms with Gasteiger partial charge < -0.3 is 14.8 Å². The number of amides is 1. The normalized spacial score (nSPS) is 11.6. The highest BCUT2D eigenvalue weighted by Gasteiger charge is 2.21. The number of rotatable bonds is 9. The lowest BCUT2D eigenvalue weighted by molar-refractivity contribution is -0.385. The Bertz CT molecular complexity index is 908. The lowest BCUT2D eigenvalue weighted by Crippen LogP contribution is -2.35. The Morgan fingerprint density at radius 2 is 1.80 bits per heavy atom. The fraction of sp³-hybridized carbons (Fsp3) is 0.364. The summed E-state index contributed by atoms with van der Waals surface area (Å²) in [4.78, 5) is 35.0. The molecular formula is C22H26N2O6.